The second kappa shape index (κ2) is 11.5. The van der Waals surface area contributed by atoms with Crippen LogP contribution in [-0.4, -0.2) is 28.1 Å². The number of aromatic nitrogens is 2. The van der Waals surface area contributed by atoms with E-state index in [9.17, 15) is 9.59 Å². The Morgan fingerprint density at radius 3 is 2.41 bits per heavy atom. The molecule has 0 atom stereocenters. The molecule has 3 rings (SSSR count). The van der Waals surface area contributed by atoms with Crippen LogP contribution in [0, 0.1) is 5.92 Å². The summed E-state index contributed by atoms with van der Waals surface area (Å²) in [5.74, 6) is 0.950. The molecule has 0 aliphatic carbocycles. The van der Waals surface area contributed by atoms with Gasteiger partial charge in [-0.05, 0) is 54.2 Å². The van der Waals surface area contributed by atoms with Gasteiger partial charge in [0.25, 0.3) is 11.8 Å². The van der Waals surface area contributed by atoms with Crippen LogP contribution in [0.1, 0.15) is 72.5 Å². The van der Waals surface area contributed by atoms with Crippen molar-refractivity contribution in [2.24, 2.45) is 5.92 Å². The van der Waals surface area contributed by atoms with Crippen LogP contribution in [0.5, 0.6) is 5.75 Å². The lowest BCUT2D eigenvalue weighted by Crippen LogP contribution is -2.28. The molecule has 0 bridgehead atoms. The predicted octanol–water partition coefficient (Wildman–Crippen LogP) is 5.24. The van der Waals surface area contributed by atoms with Crippen molar-refractivity contribution in [3.8, 4) is 5.75 Å². The van der Waals surface area contributed by atoms with Crippen molar-refractivity contribution >= 4 is 17.5 Å². The summed E-state index contributed by atoms with van der Waals surface area (Å²) < 4.78 is 7.53. The first-order valence-electron chi connectivity index (χ1n) is 11.8. The van der Waals surface area contributed by atoms with E-state index in [0.717, 1.165) is 11.3 Å². The highest BCUT2D eigenvalue weighted by Crippen LogP contribution is 2.20. The quantitative estimate of drug-likeness (QED) is 0.431. The Morgan fingerprint density at radius 1 is 1.03 bits per heavy atom. The van der Waals surface area contributed by atoms with E-state index in [0.29, 0.717) is 42.8 Å². The number of ether oxygens (including phenoxy) is 1. The third-order valence-corrected chi connectivity index (χ3v) is 5.36. The minimum Gasteiger partial charge on any atom is -0.489 e. The molecule has 0 aliphatic heterocycles. The van der Waals surface area contributed by atoms with Crippen molar-refractivity contribution in [1.82, 2.24) is 15.1 Å². The van der Waals surface area contributed by atoms with E-state index in [4.69, 9.17) is 4.74 Å². The maximum Gasteiger partial charge on any atom is 0.273 e. The SMILES string of the molecule is CCn1cc(NC(=O)c2cccc(COc3ccc(C(C)C)cc3)c2)c(C(=O)NCC(C)C)n1. The van der Waals surface area contributed by atoms with Crippen LogP contribution in [0.4, 0.5) is 5.69 Å². The minimum atomic E-state index is -0.309. The van der Waals surface area contributed by atoms with Gasteiger partial charge in [-0.1, -0.05) is 52.0 Å². The molecule has 0 fully saturated rings. The van der Waals surface area contributed by atoms with Crippen molar-refractivity contribution in [2.45, 2.75) is 53.7 Å². The molecule has 1 aromatic heterocycles. The zero-order chi connectivity index (χ0) is 24.7. The molecule has 0 unspecified atom stereocenters. The van der Waals surface area contributed by atoms with Gasteiger partial charge < -0.3 is 15.4 Å². The first kappa shape index (κ1) is 25.0. The number of rotatable bonds is 10. The van der Waals surface area contributed by atoms with Gasteiger partial charge >= 0.3 is 0 Å². The second-order valence-electron chi connectivity index (χ2n) is 9.02. The Bertz CT molecular complexity index is 1120. The molecule has 0 radical (unpaired) electrons. The van der Waals surface area contributed by atoms with Gasteiger partial charge in [0.2, 0.25) is 0 Å². The van der Waals surface area contributed by atoms with Gasteiger partial charge in [-0.15, -0.1) is 0 Å². The predicted molar refractivity (Wildman–Crippen MR) is 134 cm³/mol. The van der Waals surface area contributed by atoms with E-state index >= 15 is 0 Å². The van der Waals surface area contributed by atoms with Gasteiger partial charge in [-0.2, -0.15) is 5.10 Å². The van der Waals surface area contributed by atoms with Crippen LogP contribution < -0.4 is 15.4 Å². The fourth-order valence-electron chi connectivity index (χ4n) is 3.34. The number of benzene rings is 2. The van der Waals surface area contributed by atoms with Gasteiger partial charge in [0, 0.05) is 24.8 Å². The van der Waals surface area contributed by atoms with Crippen molar-refractivity contribution in [3.63, 3.8) is 0 Å². The lowest BCUT2D eigenvalue weighted by atomic mass is 10.0. The molecular weight excluding hydrogens is 428 g/mol. The average molecular weight is 463 g/mol. The summed E-state index contributed by atoms with van der Waals surface area (Å²) in [6, 6.07) is 15.3. The molecule has 7 nitrogen and oxygen atoms in total. The lowest BCUT2D eigenvalue weighted by molar-refractivity contribution is 0.0944. The van der Waals surface area contributed by atoms with Crippen molar-refractivity contribution in [1.29, 1.82) is 0 Å². The highest BCUT2D eigenvalue weighted by atomic mass is 16.5. The summed E-state index contributed by atoms with van der Waals surface area (Å²) in [6.45, 7) is 11.7. The first-order valence-corrected chi connectivity index (χ1v) is 11.8. The Morgan fingerprint density at radius 2 is 1.76 bits per heavy atom. The molecule has 0 saturated heterocycles. The van der Waals surface area contributed by atoms with Crippen LogP contribution in [0.15, 0.2) is 54.7 Å². The summed E-state index contributed by atoms with van der Waals surface area (Å²) in [5, 5.41) is 10.0. The Labute approximate surface area is 201 Å². The molecule has 7 heteroatoms. The third-order valence-electron chi connectivity index (χ3n) is 5.36. The van der Waals surface area contributed by atoms with Gasteiger partial charge in [-0.25, -0.2) is 0 Å². The molecule has 34 heavy (non-hydrogen) atoms. The Kier molecular flexibility index (Phi) is 8.46. The standard InChI is InChI=1S/C27H34N4O3/c1-6-31-16-24(25(30-31)27(33)28-15-18(2)3)29-26(32)22-9-7-8-20(14-22)17-34-23-12-10-21(11-13-23)19(4)5/h7-14,16,18-19H,6,15,17H2,1-5H3,(H,28,33)(H,29,32). The topological polar surface area (TPSA) is 85.2 Å². The molecule has 0 saturated carbocycles. The fraction of sp³-hybridized carbons (Fsp3) is 0.370. The molecule has 2 aromatic carbocycles. The lowest BCUT2D eigenvalue weighted by Gasteiger charge is -2.10. The van der Waals surface area contributed by atoms with E-state index in [1.54, 1.807) is 23.0 Å². The first-order chi connectivity index (χ1) is 16.3. The summed E-state index contributed by atoms with van der Waals surface area (Å²) in [7, 11) is 0. The molecule has 180 valence electrons. The molecule has 0 aliphatic rings. The highest BCUT2D eigenvalue weighted by molar-refractivity contribution is 6.08. The maximum absolute atomic E-state index is 13.0. The van der Waals surface area contributed by atoms with Crippen molar-refractivity contribution in [2.75, 3.05) is 11.9 Å². The molecular formula is C27H34N4O3. The third kappa shape index (κ3) is 6.70. The summed E-state index contributed by atoms with van der Waals surface area (Å²) in [4.78, 5) is 25.6. The van der Waals surface area contributed by atoms with Crippen LogP contribution in [0.3, 0.4) is 0 Å². The number of carbonyl (C=O) groups is 2. The summed E-state index contributed by atoms with van der Waals surface area (Å²) in [6.07, 6.45) is 1.68. The highest BCUT2D eigenvalue weighted by Gasteiger charge is 2.19. The van der Waals surface area contributed by atoms with Gasteiger partial charge in [0.15, 0.2) is 5.69 Å². The number of nitrogens with zero attached hydrogens (tertiary/aromatic N) is 2. The molecule has 3 aromatic rings. The number of nitrogens with one attached hydrogen (secondary N) is 2. The van der Waals surface area contributed by atoms with E-state index in [1.165, 1.54) is 5.56 Å². The molecule has 2 amide bonds. The summed E-state index contributed by atoms with van der Waals surface area (Å²) in [5.41, 5.74) is 3.21. The monoisotopic (exact) mass is 462 g/mol. The maximum atomic E-state index is 13.0. The average Bonchev–Trinajstić information content (AvgIpc) is 3.24. The minimum absolute atomic E-state index is 0.209. The van der Waals surface area contributed by atoms with E-state index < -0.39 is 0 Å². The largest absolute Gasteiger partial charge is 0.489 e. The molecule has 1 heterocycles. The van der Waals surface area contributed by atoms with Crippen LogP contribution in [-0.2, 0) is 13.2 Å². The Hall–Kier alpha value is -3.61. The van der Waals surface area contributed by atoms with E-state index in [1.807, 2.05) is 45.0 Å². The number of amides is 2. The second-order valence-corrected chi connectivity index (χ2v) is 9.02. The molecule has 2 N–H and O–H groups in total. The smallest absolute Gasteiger partial charge is 0.273 e. The van der Waals surface area contributed by atoms with Gasteiger partial charge in [0.05, 0.1) is 5.69 Å². The van der Waals surface area contributed by atoms with Crippen LogP contribution in [0.25, 0.3) is 0 Å². The number of anilines is 1. The van der Waals surface area contributed by atoms with Crippen LogP contribution >= 0.6 is 0 Å². The van der Waals surface area contributed by atoms with Gasteiger partial charge in [0.1, 0.15) is 12.4 Å². The number of hydrogen-bond acceptors (Lipinski definition) is 4. The molecule has 0 spiro atoms. The number of carbonyl (C=O) groups excluding carboxylic acids is 2. The van der Waals surface area contributed by atoms with E-state index in [2.05, 4.69) is 41.7 Å². The van der Waals surface area contributed by atoms with Crippen molar-refractivity contribution < 1.29 is 14.3 Å². The van der Waals surface area contributed by atoms with E-state index in [-0.39, 0.29) is 17.5 Å². The fourth-order valence-corrected chi connectivity index (χ4v) is 3.34. The Balaban J connectivity index is 1.68. The normalized spacial score (nSPS) is 11.0. The zero-order valence-corrected chi connectivity index (χ0v) is 20.6. The number of aryl methyl sites for hydroxylation is 1. The zero-order valence-electron chi connectivity index (χ0n) is 20.6. The van der Waals surface area contributed by atoms with Crippen LogP contribution in [0.2, 0.25) is 0 Å². The van der Waals surface area contributed by atoms with Crippen molar-refractivity contribution in [3.05, 3.63) is 77.1 Å². The summed E-state index contributed by atoms with van der Waals surface area (Å²) >= 11 is 0. The van der Waals surface area contributed by atoms with Gasteiger partial charge in [-0.3, -0.25) is 14.3 Å². The number of hydrogen-bond donors (Lipinski definition) is 2.